The monoisotopic (exact) mass is 405 g/mol. The molecule has 0 spiro atoms. The molecule has 2 aliphatic rings. The number of fused-ring (bicyclic) bond motifs is 3. The zero-order chi connectivity index (χ0) is 19.4. The van der Waals surface area contributed by atoms with Gasteiger partial charge in [-0.05, 0) is 36.2 Å². The first-order valence-electron chi connectivity index (χ1n) is 9.12. The molecule has 0 N–H and O–H groups in total. The molecular formula is C19H23N3O3S2. The van der Waals surface area contributed by atoms with E-state index in [2.05, 4.69) is 30.7 Å². The van der Waals surface area contributed by atoms with Crippen molar-refractivity contribution in [3.63, 3.8) is 0 Å². The molecule has 27 heavy (non-hydrogen) atoms. The van der Waals surface area contributed by atoms with Crippen LogP contribution in [0.2, 0.25) is 0 Å². The van der Waals surface area contributed by atoms with Gasteiger partial charge in [0, 0.05) is 24.7 Å². The molecular weight excluding hydrogens is 382 g/mol. The van der Waals surface area contributed by atoms with Crippen molar-refractivity contribution < 1.29 is 9.72 Å². The van der Waals surface area contributed by atoms with Gasteiger partial charge in [0.05, 0.1) is 20.9 Å². The van der Waals surface area contributed by atoms with Crippen molar-refractivity contribution in [3.05, 3.63) is 28.3 Å². The summed E-state index contributed by atoms with van der Waals surface area (Å²) < 4.78 is 1.57. The number of nitro groups is 1. The van der Waals surface area contributed by atoms with Crippen LogP contribution in [0.25, 0.3) is 10.2 Å². The highest BCUT2D eigenvalue weighted by molar-refractivity contribution is 8.01. The van der Waals surface area contributed by atoms with Gasteiger partial charge in [-0.25, -0.2) is 4.98 Å². The summed E-state index contributed by atoms with van der Waals surface area (Å²) >= 11 is 2.84. The van der Waals surface area contributed by atoms with Crippen LogP contribution in [-0.2, 0) is 4.79 Å². The molecule has 1 amide bonds. The highest BCUT2D eigenvalue weighted by Crippen LogP contribution is 2.52. The third kappa shape index (κ3) is 3.69. The van der Waals surface area contributed by atoms with Gasteiger partial charge < -0.3 is 4.90 Å². The number of rotatable bonds is 4. The fourth-order valence-corrected chi connectivity index (χ4v) is 7.01. The van der Waals surface area contributed by atoms with E-state index in [0.717, 1.165) is 33.9 Å². The Morgan fingerprint density at radius 2 is 2.19 bits per heavy atom. The summed E-state index contributed by atoms with van der Waals surface area (Å²) in [6.07, 6.45) is 3.35. The maximum Gasteiger partial charge on any atom is 0.270 e. The van der Waals surface area contributed by atoms with Crippen LogP contribution in [0.5, 0.6) is 0 Å². The van der Waals surface area contributed by atoms with Crippen molar-refractivity contribution in [1.82, 2.24) is 9.88 Å². The number of nitro benzene ring substituents is 1. The van der Waals surface area contributed by atoms with E-state index in [4.69, 9.17) is 0 Å². The fraction of sp³-hybridized carbons (Fsp3) is 0.579. The van der Waals surface area contributed by atoms with Gasteiger partial charge >= 0.3 is 0 Å². The molecule has 1 aromatic carbocycles. The number of thiazole rings is 1. The SMILES string of the molecule is CC1(C)C[C@H]2C[C@](C)(CN2C(=O)CSc2nc3ccc([N+](=O)[O-])cc3s2)C1. The number of amides is 1. The van der Waals surface area contributed by atoms with E-state index < -0.39 is 4.92 Å². The minimum atomic E-state index is -0.400. The number of carbonyl (C=O) groups is 1. The minimum absolute atomic E-state index is 0.0685. The lowest BCUT2D eigenvalue weighted by Gasteiger charge is -2.39. The standard InChI is InChI=1S/C19H23N3O3S2/c1-18(2)7-13-8-19(3,10-18)11-21(13)16(23)9-26-17-20-14-5-4-12(22(24)25)6-15(14)27-17/h4-6,13H,7-11H2,1-3H3/t13-,19-/m0/s1. The second kappa shape index (κ2) is 6.44. The van der Waals surface area contributed by atoms with E-state index in [-0.39, 0.29) is 17.0 Å². The Morgan fingerprint density at radius 1 is 1.41 bits per heavy atom. The maximum atomic E-state index is 12.9. The number of non-ortho nitro benzene ring substituents is 1. The Balaban J connectivity index is 1.44. The van der Waals surface area contributed by atoms with Crippen molar-refractivity contribution in [2.24, 2.45) is 10.8 Å². The second-order valence-electron chi connectivity index (χ2n) is 8.91. The summed E-state index contributed by atoms with van der Waals surface area (Å²) in [4.78, 5) is 30.0. The van der Waals surface area contributed by atoms with E-state index in [1.807, 2.05) is 0 Å². The van der Waals surface area contributed by atoms with E-state index in [1.54, 1.807) is 12.1 Å². The summed E-state index contributed by atoms with van der Waals surface area (Å²) in [7, 11) is 0. The molecule has 2 heterocycles. The molecule has 1 saturated heterocycles. The highest BCUT2D eigenvalue weighted by Gasteiger charge is 2.50. The first-order valence-corrected chi connectivity index (χ1v) is 10.9. The largest absolute Gasteiger partial charge is 0.338 e. The lowest BCUT2D eigenvalue weighted by Crippen LogP contribution is -2.38. The number of aromatic nitrogens is 1. The van der Waals surface area contributed by atoms with Crippen LogP contribution in [0.3, 0.4) is 0 Å². The number of hydrogen-bond donors (Lipinski definition) is 0. The average molecular weight is 406 g/mol. The van der Waals surface area contributed by atoms with Crippen LogP contribution >= 0.6 is 23.1 Å². The van der Waals surface area contributed by atoms with Crippen LogP contribution in [0.15, 0.2) is 22.5 Å². The summed E-state index contributed by atoms with van der Waals surface area (Å²) in [5.41, 5.74) is 1.34. The van der Waals surface area contributed by atoms with Crippen LogP contribution in [0.4, 0.5) is 5.69 Å². The van der Waals surface area contributed by atoms with Crippen molar-refractivity contribution in [2.75, 3.05) is 12.3 Å². The molecule has 0 unspecified atom stereocenters. The smallest absolute Gasteiger partial charge is 0.270 e. The van der Waals surface area contributed by atoms with Gasteiger partial charge in [0.25, 0.3) is 5.69 Å². The zero-order valence-corrected chi connectivity index (χ0v) is 17.4. The second-order valence-corrected chi connectivity index (χ2v) is 11.2. The Kier molecular flexibility index (Phi) is 4.46. The molecule has 1 saturated carbocycles. The van der Waals surface area contributed by atoms with Crippen molar-refractivity contribution in [1.29, 1.82) is 0 Å². The number of carbonyl (C=O) groups excluding carboxylic acids is 1. The number of benzene rings is 1. The lowest BCUT2D eigenvalue weighted by molar-refractivity contribution is -0.384. The van der Waals surface area contributed by atoms with E-state index in [9.17, 15) is 14.9 Å². The first kappa shape index (κ1) is 18.7. The number of likely N-dealkylation sites (tertiary alicyclic amines) is 1. The van der Waals surface area contributed by atoms with Gasteiger partial charge in [-0.3, -0.25) is 14.9 Å². The van der Waals surface area contributed by atoms with Crippen LogP contribution in [0, 0.1) is 20.9 Å². The lowest BCUT2D eigenvalue weighted by atomic mass is 9.65. The third-order valence-corrected chi connectivity index (χ3v) is 7.76. The first-order chi connectivity index (χ1) is 12.6. The molecule has 0 radical (unpaired) electrons. The van der Waals surface area contributed by atoms with Crippen molar-refractivity contribution in [3.8, 4) is 0 Å². The molecule has 4 rings (SSSR count). The average Bonchev–Trinajstić information content (AvgIpc) is 3.08. The summed E-state index contributed by atoms with van der Waals surface area (Å²) in [5.74, 6) is 0.547. The normalized spacial score (nSPS) is 26.5. The van der Waals surface area contributed by atoms with Crippen molar-refractivity contribution in [2.45, 2.75) is 50.4 Å². The van der Waals surface area contributed by atoms with Crippen molar-refractivity contribution >= 4 is 44.9 Å². The number of thioether (sulfide) groups is 1. The molecule has 1 aliphatic heterocycles. The van der Waals surface area contributed by atoms with E-state index >= 15 is 0 Å². The summed E-state index contributed by atoms with van der Waals surface area (Å²) in [6.45, 7) is 7.77. The molecule has 1 aliphatic carbocycles. The minimum Gasteiger partial charge on any atom is -0.338 e. The predicted molar refractivity (Wildman–Crippen MR) is 108 cm³/mol. The Morgan fingerprint density at radius 3 is 2.93 bits per heavy atom. The quantitative estimate of drug-likeness (QED) is 0.418. The molecule has 6 nitrogen and oxygen atoms in total. The van der Waals surface area contributed by atoms with Gasteiger partial charge in [-0.15, -0.1) is 11.3 Å². The molecule has 2 atom stereocenters. The maximum absolute atomic E-state index is 12.9. The molecule has 2 fully saturated rings. The van der Waals surface area contributed by atoms with Gasteiger partial charge in [-0.1, -0.05) is 32.5 Å². The van der Waals surface area contributed by atoms with E-state index in [0.29, 0.717) is 17.2 Å². The Labute approximate surface area is 166 Å². The van der Waals surface area contributed by atoms with Crippen LogP contribution in [-0.4, -0.2) is 39.1 Å². The van der Waals surface area contributed by atoms with Gasteiger partial charge in [0.2, 0.25) is 5.91 Å². The molecule has 2 aromatic rings. The zero-order valence-electron chi connectivity index (χ0n) is 15.7. The Hall–Kier alpha value is -1.67. The molecule has 144 valence electrons. The van der Waals surface area contributed by atoms with Gasteiger partial charge in [0.15, 0.2) is 4.34 Å². The topological polar surface area (TPSA) is 76.3 Å². The molecule has 8 heteroatoms. The predicted octanol–water partition coefficient (Wildman–Crippen LogP) is 4.72. The summed E-state index contributed by atoms with van der Waals surface area (Å²) in [5, 5.41) is 10.9. The number of nitrogens with zero attached hydrogens (tertiary/aromatic N) is 3. The third-order valence-electron chi connectivity index (χ3n) is 5.62. The number of hydrogen-bond acceptors (Lipinski definition) is 6. The summed E-state index contributed by atoms with van der Waals surface area (Å²) in [6, 6.07) is 5.03. The Bertz CT molecular complexity index is 926. The van der Waals surface area contributed by atoms with Gasteiger partial charge in [0.1, 0.15) is 0 Å². The van der Waals surface area contributed by atoms with Crippen LogP contribution < -0.4 is 0 Å². The molecule has 1 aromatic heterocycles. The fourth-order valence-electron chi connectivity index (χ4n) is 5.03. The van der Waals surface area contributed by atoms with Gasteiger partial charge in [-0.2, -0.15) is 0 Å². The van der Waals surface area contributed by atoms with E-state index in [1.165, 1.54) is 35.6 Å². The molecule has 2 bridgehead atoms. The highest BCUT2D eigenvalue weighted by atomic mass is 32.2. The van der Waals surface area contributed by atoms with Crippen LogP contribution in [0.1, 0.15) is 40.0 Å².